The fourth-order valence-corrected chi connectivity index (χ4v) is 13.7. The lowest BCUT2D eigenvalue weighted by atomic mass is 9.83. The molecule has 0 bridgehead atoms. The molecule has 1 aliphatic carbocycles. The molecule has 0 spiro atoms. The fraction of sp³-hybridized carbons (Fsp3) is 0.597. The van der Waals surface area contributed by atoms with Gasteiger partial charge in [-0.05, 0) is 115 Å². The van der Waals surface area contributed by atoms with Gasteiger partial charge < -0.3 is 55.9 Å². The van der Waals surface area contributed by atoms with Crippen LogP contribution in [0.2, 0.25) is 5.02 Å². The van der Waals surface area contributed by atoms with Gasteiger partial charge in [-0.2, -0.15) is 0 Å². The van der Waals surface area contributed by atoms with E-state index >= 15 is 4.79 Å². The van der Waals surface area contributed by atoms with E-state index < -0.39 is 71.1 Å². The summed E-state index contributed by atoms with van der Waals surface area (Å²) in [6, 6.07) is 7.88. The number of aliphatic hydroxyl groups is 1. The zero-order chi connectivity index (χ0) is 62.6. The number of unbranched alkanes of at least 4 members (excludes halogenated alkanes) is 1. The number of nitrogens with one attached hydrogen (secondary N) is 3. The molecule has 2 aromatic carbocycles. The predicted molar refractivity (Wildman–Crippen MR) is 324 cm³/mol. The number of likely N-dealkylation sites (tertiary alicyclic amines) is 1. The molecule has 23 nitrogen and oxygen atoms in total. The van der Waals surface area contributed by atoms with Crippen molar-refractivity contribution in [3.63, 3.8) is 0 Å². The van der Waals surface area contributed by atoms with Crippen molar-refractivity contribution in [2.75, 3.05) is 32.8 Å². The Morgan fingerprint density at radius 1 is 0.931 bits per heavy atom. The zero-order valence-electron chi connectivity index (χ0n) is 51.0. The fourth-order valence-electron chi connectivity index (χ4n) is 12.6. The van der Waals surface area contributed by atoms with E-state index in [9.17, 15) is 38.7 Å². The number of primary amides is 1. The van der Waals surface area contributed by atoms with Crippen LogP contribution in [0.5, 0.6) is 5.75 Å². The molecule has 6 heterocycles. The highest BCUT2D eigenvalue weighted by Gasteiger charge is 2.51. The summed E-state index contributed by atoms with van der Waals surface area (Å²) >= 11 is 8.57. The van der Waals surface area contributed by atoms with Gasteiger partial charge in [-0.15, -0.1) is 16.4 Å². The molecule has 1 saturated carbocycles. The summed E-state index contributed by atoms with van der Waals surface area (Å²) < 4.78 is 13.4. The number of aromatic nitrogens is 4. The van der Waals surface area contributed by atoms with E-state index in [4.69, 9.17) is 26.8 Å². The first-order valence-electron chi connectivity index (χ1n) is 30.3. The number of aliphatic hydroxyl groups excluding tert-OH is 1. The maximum atomic E-state index is 15.1. The number of benzene rings is 2. The van der Waals surface area contributed by atoms with E-state index in [0.717, 1.165) is 45.8 Å². The highest BCUT2D eigenvalue weighted by Crippen LogP contribution is 2.45. The molecule has 6 N–H and O–H groups in total. The number of nitrogens with two attached hydrogens (primary N) is 1. The van der Waals surface area contributed by atoms with E-state index in [1.165, 1.54) is 21.6 Å². The van der Waals surface area contributed by atoms with E-state index in [1.54, 1.807) is 53.8 Å². The molecule has 25 heteroatoms. The van der Waals surface area contributed by atoms with Crippen LogP contribution in [0.15, 0.2) is 48.0 Å². The van der Waals surface area contributed by atoms with Crippen molar-refractivity contribution >= 4 is 70.4 Å². The van der Waals surface area contributed by atoms with Gasteiger partial charge in [0.2, 0.25) is 41.4 Å². The van der Waals surface area contributed by atoms with Crippen LogP contribution in [0.3, 0.4) is 0 Å². The molecule has 9 rings (SSSR count). The predicted octanol–water partition coefficient (Wildman–Crippen LogP) is 6.04. The molecular weight excluding hydrogens is 1160 g/mol. The smallest absolute Gasteiger partial charge is 0.408 e. The van der Waals surface area contributed by atoms with Crippen LogP contribution < -0.4 is 26.4 Å². The molecular formula is C62H83ClN12O11S. The Labute approximate surface area is 516 Å². The number of ether oxygens (including phenoxy) is 2. The normalized spacial score (nSPS) is 22.7. The molecule has 4 aromatic rings. The van der Waals surface area contributed by atoms with Crippen molar-refractivity contribution in [1.82, 2.24) is 55.5 Å². The monoisotopic (exact) mass is 1240 g/mol. The summed E-state index contributed by atoms with van der Waals surface area (Å²) in [5.74, 6) is -2.15. The second-order valence-electron chi connectivity index (χ2n) is 25.7. The van der Waals surface area contributed by atoms with E-state index in [0.29, 0.717) is 61.5 Å². The first-order valence-corrected chi connectivity index (χ1v) is 31.6. The van der Waals surface area contributed by atoms with Gasteiger partial charge in [-0.3, -0.25) is 33.6 Å². The van der Waals surface area contributed by atoms with Gasteiger partial charge in [0.15, 0.2) is 0 Å². The summed E-state index contributed by atoms with van der Waals surface area (Å²) in [4.78, 5) is 122. The minimum atomic E-state index is -1.17. The number of thiazole rings is 1. The SMILES string of the molecule is CC(=O)N1CC[C@H]2CC[C@@H](C(=O)N[C@@H](CCC(N)=O)COc3cccc(CCCCC(=O)N4Cc5c(C6CC6)nnn5[C@H](C(=O)N5C[C@H](O)C[C@H]5C(=O)N[C@@H](C)c5ccc(-c6scnc6C)cc5)C(C)(C)C4)c3Cl)N2C(=O)[C@@H](NC(=O)OC(C)(C)C)C1. The quantitative estimate of drug-likeness (QED) is 0.0631. The van der Waals surface area contributed by atoms with E-state index in [1.807, 2.05) is 63.5 Å². The molecule has 87 heavy (non-hydrogen) atoms. The minimum absolute atomic E-state index is 0.0344. The van der Waals surface area contributed by atoms with Crippen molar-refractivity contribution in [3.8, 4) is 16.2 Å². The molecule has 4 fully saturated rings. The highest BCUT2D eigenvalue weighted by molar-refractivity contribution is 7.13. The Kier molecular flexibility index (Phi) is 20.0. The number of hydrogen-bond acceptors (Lipinski definition) is 15. The van der Waals surface area contributed by atoms with Crippen LogP contribution >= 0.6 is 22.9 Å². The molecule has 0 unspecified atom stereocenters. The van der Waals surface area contributed by atoms with Crippen LogP contribution in [0, 0.1) is 12.3 Å². The third kappa shape index (κ3) is 15.4. The maximum Gasteiger partial charge on any atom is 0.408 e. The Morgan fingerprint density at radius 2 is 1.67 bits per heavy atom. The van der Waals surface area contributed by atoms with Gasteiger partial charge >= 0.3 is 6.09 Å². The minimum Gasteiger partial charge on any atom is -0.490 e. The van der Waals surface area contributed by atoms with Crippen molar-refractivity contribution in [2.24, 2.45) is 11.1 Å². The molecule has 0 radical (unpaired) electrons. The number of β-amino-alcohol motifs (C(OH)–C–C–N with tert-alkyl or cyclic N) is 1. The number of rotatable bonds is 20. The van der Waals surface area contributed by atoms with Gasteiger partial charge in [-0.25, -0.2) is 14.5 Å². The Bertz CT molecular complexity index is 3220. The lowest BCUT2D eigenvalue weighted by molar-refractivity contribution is -0.145. The van der Waals surface area contributed by atoms with Gasteiger partial charge in [0.05, 0.1) is 63.8 Å². The maximum absolute atomic E-state index is 15.1. The van der Waals surface area contributed by atoms with E-state index in [2.05, 4.69) is 31.2 Å². The number of hydrogen-bond donors (Lipinski definition) is 5. The molecule has 8 atom stereocenters. The number of carbonyl (C=O) groups is 8. The van der Waals surface area contributed by atoms with Gasteiger partial charge in [0.25, 0.3) is 0 Å². The average molecular weight is 1240 g/mol. The average Bonchev–Trinajstić information content (AvgIpc) is 1.66. The standard InChI is InChI=1S/C62H83ClN12O11S/c1-35(38-16-20-41(21-17-38)54-36(2)65-34-87-54)66-57(81)47-28-44(77)29-73(47)59(83)55-62(7,8)33-72(31-48-53(40-18-19-40)69-70-75(48)55)51(79)15-10-9-12-39-13-11-14-49(52(39)63)85-32-42(22-25-50(64)78)67-56(80)46-24-23-43-26-27-71(37(3)76)30-45(58(82)74(43)46)68-60(84)86-61(4,5)6/h11,13-14,16-17,20-21,34-35,40,42-47,55,77H,9-10,12,15,18-19,22-33H2,1-8H3,(H2,64,78)(H,66,81)(H,67,80)(H,68,84)/t35-,42-,43+,44+,45-,46-,47-,55+/m0/s1. The Morgan fingerprint density at radius 3 is 2.34 bits per heavy atom. The summed E-state index contributed by atoms with van der Waals surface area (Å²) in [7, 11) is 0. The third-order valence-corrected chi connectivity index (χ3v) is 18.6. The van der Waals surface area contributed by atoms with Gasteiger partial charge in [0, 0.05) is 63.2 Å². The van der Waals surface area contributed by atoms with Crippen LogP contribution in [0.4, 0.5) is 4.79 Å². The molecule has 4 aliphatic heterocycles. The Hall–Kier alpha value is -7.18. The second kappa shape index (κ2) is 27.1. The first kappa shape index (κ1) is 64.3. The summed E-state index contributed by atoms with van der Waals surface area (Å²) in [6.45, 7) is 14.7. The highest BCUT2D eigenvalue weighted by atomic mass is 35.5. The van der Waals surface area contributed by atoms with Crippen molar-refractivity contribution in [3.05, 3.63) is 81.2 Å². The lowest BCUT2D eigenvalue weighted by Crippen LogP contribution is -2.61. The Balaban J connectivity index is 0.811. The van der Waals surface area contributed by atoms with Crippen LogP contribution in [0.1, 0.15) is 165 Å². The molecule has 5 aliphatic rings. The second-order valence-corrected chi connectivity index (χ2v) is 26.9. The summed E-state index contributed by atoms with van der Waals surface area (Å²) in [5.41, 5.74) is 10.7. The molecule has 2 aromatic heterocycles. The van der Waals surface area contributed by atoms with Crippen LogP contribution in [-0.2, 0) is 51.3 Å². The topological polar surface area (TPSA) is 294 Å². The number of halogens is 1. The van der Waals surface area contributed by atoms with Crippen molar-refractivity contribution < 1.29 is 52.9 Å². The molecule has 8 amide bonds. The zero-order valence-corrected chi connectivity index (χ0v) is 52.6. The summed E-state index contributed by atoms with van der Waals surface area (Å²) in [6.07, 6.45) is 3.29. The largest absolute Gasteiger partial charge is 0.490 e. The number of aryl methyl sites for hydroxylation is 2. The van der Waals surface area contributed by atoms with Crippen LogP contribution in [-0.4, -0.2) is 167 Å². The van der Waals surface area contributed by atoms with Gasteiger partial charge in [-0.1, -0.05) is 67.1 Å². The number of fused-ring (bicyclic) bond motifs is 2. The lowest BCUT2D eigenvalue weighted by Gasteiger charge is -2.38. The number of carbonyl (C=O) groups excluding carboxylic acids is 8. The van der Waals surface area contributed by atoms with E-state index in [-0.39, 0.29) is 100 Å². The first-order chi connectivity index (χ1) is 41.3. The number of amides is 8. The number of alkyl carbamates (subject to hydrolysis) is 1. The van der Waals surface area contributed by atoms with Crippen LogP contribution in [0.25, 0.3) is 10.4 Å². The summed E-state index contributed by atoms with van der Waals surface area (Å²) in [5, 5.41) is 29.3. The third-order valence-electron chi connectivity index (χ3n) is 17.2. The van der Waals surface area contributed by atoms with Gasteiger partial charge in [0.1, 0.15) is 42.1 Å². The van der Waals surface area contributed by atoms with Crippen molar-refractivity contribution in [1.29, 1.82) is 0 Å². The van der Waals surface area contributed by atoms with Crippen molar-refractivity contribution in [2.45, 2.75) is 199 Å². The molecule has 3 saturated heterocycles. The molecule has 470 valence electrons. The number of nitrogens with zero attached hydrogens (tertiary/aromatic N) is 8.